The maximum atomic E-state index is 4.00. The Morgan fingerprint density at radius 1 is 0.625 bits per heavy atom. The smallest absolute Gasteiger partial charge is 0.00953 e. The topological polar surface area (TPSA) is 12.0 Å². The molecule has 0 aromatic heterocycles. The van der Waals surface area contributed by atoms with Crippen LogP contribution in [0.15, 0.2) is 0 Å². The van der Waals surface area contributed by atoms with Crippen LogP contribution in [0.3, 0.4) is 0 Å². The molecule has 0 aliphatic heterocycles. The summed E-state index contributed by atoms with van der Waals surface area (Å²) in [5.41, 5.74) is 0. The van der Waals surface area contributed by atoms with E-state index in [1.54, 1.807) is 0 Å². The van der Waals surface area contributed by atoms with Gasteiger partial charge in [0.15, 0.2) is 0 Å². The first kappa shape index (κ1) is 12.4. The molecule has 4 unspecified atom stereocenters. The molecule has 1 N–H and O–H groups in total. The average Bonchev–Trinajstić information content (AvgIpc) is 2.48. The second kappa shape index (κ2) is 6.05. The minimum absolute atomic E-state index is 0.813. The predicted molar refractivity (Wildman–Crippen MR) is 70.6 cm³/mol. The zero-order chi connectivity index (χ0) is 11.4. The molecule has 0 bridgehead atoms. The first-order valence-electron chi connectivity index (χ1n) is 7.53. The third kappa shape index (κ3) is 3.23. The van der Waals surface area contributed by atoms with Crippen LogP contribution in [-0.2, 0) is 0 Å². The highest BCUT2D eigenvalue weighted by Gasteiger charge is 2.26. The van der Waals surface area contributed by atoms with Crippen LogP contribution in [0.2, 0.25) is 0 Å². The van der Waals surface area contributed by atoms with Crippen LogP contribution in [0.5, 0.6) is 0 Å². The lowest BCUT2D eigenvalue weighted by molar-refractivity contribution is 0.226. The van der Waals surface area contributed by atoms with E-state index in [2.05, 4.69) is 19.2 Å². The Bertz CT molecular complexity index is 202. The molecule has 0 heterocycles. The molecule has 94 valence electrons. The van der Waals surface area contributed by atoms with Crippen LogP contribution in [-0.4, -0.2) is 12.1 Å². The van der Waals surface area contributed by atoms with Gasteiger partial charge < -0.3 is 5.32 Å². The standard InChI is InChI=1S/C15H29N/c1-12-8-4-3-5-10-14(12)16-15-11-7-6-9-13(15)2/h12-16H,3-11H2,1-2H3. The van der Waals surface area contributed by atoms with Crippen LogP contribution in [0.1, 0.15) is 71.6 Å². The van der Waals surface area contributed by atoms with Crippen molar-refractivity contribution in [2.24, 2.45) is 11.8 Å². The predicted octanol–water partition coefficient (Wildman–Crippen LogP) is 4.12. The number of hydrogen-bond donors (Lipinski definition) is 1. The minimum atomic E-state index is 0.813. The highest BCUT2D eigenvalue weighted by molar-refractivity contribution is 4.85. The van der Waals surface area contributed by atoms with E-state index in [4.69, 9.17) is 0 Å². The third-order valence-corrected chi connectivity index (χ3v) is 4.90. The van der Waals surface area contributed by atoms with Gasteiger partial charge >= 0.3 is 0 Å². The van der Waals surface area contributed by atoms with E-state index in [0.717, 1.165) is 23.9 Å². The van der Waals surface area contributed by atoms with Crippen molar-refractivity contribution < 1.29 is 0 Å². The van der Waals surface area contributed by atoms with Gasteiger partial charge in [-0.2, -0.15) is 0 Å². The van der Waals surface area contributed by atoms with Crippen molar-refractivity contribution >= 4 is 0 Å². The van der Waals surface area contributed by atoms with Gasteiger partial charge in [-0.1, -0.05) is 46.0 Å². The number of hydrogen-bond acceptors (Lipinski definition) is 1. The summed E-state index contributed by atoms with van der Waals surface area (Å²) in [5, 5.41) is 4.00. The molecule has 0 radical (unpaired) electrons. The molecule has 16 heavy (non-hydrogen) atoms. The van der Waals surface area contributed by atoms with E-state index >= 15 is 0 Å². The first-order chi connectivity index (χ1) is 7.77. The van der Waals surface area contributed by atoms with E-state index in [0.29, 0.717) is 0 Å². The lowest BCUT2D eigenvalue weighted by Crippen LogP contribution is -2.46. The summed E-state index contributed by atoms with van der Waals surface area (Å²) in [6.07, 6.45) is 13.0. The van der Waals surface area contributed by atoms with Crippen LogP contribution >= 0.6 is 0 Å². The van der Waals surface area contributed by atoms with Gasteiger partial charge in [0.1, 0.15) is 0 Å². The second-order valence-corrected chi connectivity index (χ2v) is 6.26. The summed E-state index contributed by atoms with van der Waals surface area (Å²) in [6, 6.07) is 1.63. The molecule has 2 rings (SSSR count). The lowest BCUT2D eigenvalue weighted by Gasteiger charge is -2.35. The Balaban J connectivity index is 1.86. The summed E-state index contributed by atoms with van der Waals surface area (Å²) in [5.74, 6) is 1.81. The van der Waals surface area contributed by atoms with Crippen LogP contribution in [0.4, 0.5) is 0 Å². The van der Waals surface area contributed by atoms with Crippen molar-refractivity contribution in [3.05, 3.63) is 0 Å². The summed E-state index contributed by atoms with van der Waals surface area (Å²) in [6.45, 7) is 4.90. The second-order valence-electron chi connectivity index (χ2n) is 6.26. The zero-order valence-electron chi connectivity index (χ0n) is 11.2. The van der Waals surface area contributed by atoms with Crippen molar-refractivity contribution in [1.29, 1.82) is 0 Å². The number of rotatable bonds is 2. The van der Waals surface area contributed by atoms with E-state index in [1.165, 1.54) is 57.8 Å². The van der Waals surface area contributed by atoms with Gasteiger partial charge in [-0.25, -0.2) is 0 Å². The van der Waals surface area contributed by atoms with Gasteiger partial charge in [-0.3, -0.25) is 0 Å². The van der Waals surface area contributed by atoms with Gasteiger partial charge in [-0.15, -0.1) is 0 Å². The molecule has 2 aliphatic carbocycles. The van der Waals surface area contributed by atoms with E-state index in [9.17, 15) is 0 Å². The molecule has 1 nitrogen and oxygen atoms in total. The molecule has 0 spiro atoms. The average molecular weight is 223 g/mol. The largest absolute Gasteiger partial charge is 0.311 e. The molecule has 2 saturated carbocycles. The Hall–Kier alpha value is -0.0400. The fraction of sp³-hybridized carbons (Fsp3) is 1.00. The maximum Gasteiger partial charge on any atom is 0.00953 e. The normalized spacial score (nSPS) is 41.6. The summed E-state index contributed by atoms with van der Waals surface area (Å²) >= 11 is 0. The third-order valence-electron chi connectivity index (χ3n) is 4.90. The highest BCUT2D eigenvalue weighted by Crippen LogP contribution is 2.28. The Labute approximate surface area is 101 Å². The molecule has 0 amide bonds. The van der Waals surface area contributed by atoms with E-state index < -0.39 is 0 Å². The van der Waals surface area contributed by atoms with E-state index in [1.807, 2.05) is 0 Å². The first-order valence-corrected chi connectivity index (χ1v) is 7.53. The van der Waals surface area contributed by atoms with Crippen molar-refractivity contribution in [1.82, 2.24) is 5.32 Å². The van der Waals surface area contributed by atoms with Crippen molar-refractivity contribution in [2.75, 3.05) is 0 Å². The summed E-state index contributed by atoms with van der Waals surface area (Å²) in [7, 11) is 0. The molecule has 1 heteroatoms. The molecule has 2 fully saturated rings. The molecular formula is C15H29N. The van der Waals surface area contributed by atoms with Crippen molar-refractivity contribution in [3.63, 3.8) is 0 Å². The van der Waals surface area contributed by atoms with Gasteiger partial charge in [0.25, 0.3) is 0 Å². The zero-order valence-corrected chi connectivity index (χ0v) is 11.2. The Morgan fingerprint density at radius 2 is 1.06 bits per heavy atom. The molecule has 0 saturated heterocycles. The van der Waals surface area contributed by atoms with Crippen molar-refractivity contribution in [2.45, 2.75) is 83.7 Å². The molecule has 4 atom stereocenters. The van der Waals surface area contributed by atoms with Gasteiger partial charge in [0.05, 0.1) is 0 Å². The molecule has 0 aromatic rings. The Kier molecular flexibility index (Phi) is 4.69. The quantitative estimate of drug-likeness (QED) is 0.694. The van der Waals surface area contributed by atoms with Crippen LogP contribution in [0.25, 0.3) is 0 Å². The molecule has 2 aliphatic rings. The fourth-order valence-corrected chi connectivity index (χ4v) is 3.58. The molecular weight excluding hydrogens is 194 g/mol. The lowest BCUT2D eigenvalue weighted by atomic mass is 9.84. The van der Waals surface area contributed by atoms with Gasteiger partial charge in [-0.05, 0) is 37.5 Å². The van der Waals surface area contributed by atoms with Gasteiger partial charge in [0, 0.05) is 12.1 Å². The molecule has 0 aromatic carbocycles. The van der Waals surface area contributed by atoms with E-state index in [-0.39, 0.29) is 0 Å². The summed E-state index contributed by atoms with van der Waals surface area (Å²) < 4.78 is 0. The SMILES string of the molecule is CC1CCCCCC1NC1CCCCC1C. The van der Waals surface area contributed by atoms with Crippen LogP contribution in [0, 0.1) is 11.8 Å². The number of nitrogens with one attached hydrogen (secondary N) is 1. The fourth-order valence-electron chi connectivity index (χ4n) is 3.58. The van der Waals surface area contributed by atoms with Crippen LogP contribution < -0.4 is 5.32 Å². The Morgan fingerprint density at radius 3 is 1.69 bits per heavy atom. The summed E-state index contributed by atoms with van der Waals surface area (Å²) in [4.78, 5) is 0. The van der Waals surface area contributed by atoms with Gasteiger partial charge in [0.2, 0.25) is 0 Å². The minimum Gasteiger partial charge on any atom is -0.311 e. The maximum absolute atomic E-state index is 4.00. The highest BCUT2D eigenvalue weighted by atomic mass is 15.0. The van der Waals surface area contributed by atoms with Crippen molar-refractivity contribution in [3.8, 4) is 0 Å². The monoisotopic (exact) mass is 223 g/mol.